The molecule has 2 heterocycles. The van der Waals surface area contributed by atoms with Gasteiger partial charge in [-0.1, -0.05) is 11.6 Å². The first-order valence-corrected chi connectivity index (χ1v) is 7.12. The number of hydrogen-bond acceptors (Lipinski definition) is 3. The van der Waals surface area contributed by atoms with Crippen LogP contribution in [0.4, 0.5) is 0 Å². The van der Waals surface area contributed by atoms with Crippen LogP contribution < -0.4 is 5.73 Å². The number of likely N-dealkylation sites (tertiary alicyclic amines) is 1. The molecule has 1 aliphatic rings. The van der Waals surface area contributed by atoms with Crippen molar-refractivity contribution in [2.75, 3.05) is 13.1 Å². The molecular formula is C12H20Cl2N2S. The van der Waals surface area contributed by atoms with Crippen LogP contribution in [-0.2, 0) is 6.54 Å². The number of halogens is 2. The van der Waals surface area contributed by atoms with Crippen LogP contribution in [0.3, 0.4) is 0 Å². The van der Waals surface area contributed by atoms with Gasteiger partial charge < -0.3 is 5.73 Å². The van der Waals surface area contributed by atoms with Crippen molar-refractivity contribution >= 4 is 35.3 Å². The number of nitrogens with two attached hydrogens (primary N) is 1. The zero-order chi connectivity index (χ0) is 11.5. The quantitative estimate of drug-likeness (QED) is 0.926. The first kappa shape index (κ1) is 15.3. The number of hydrogen-bond donors (Lipinski definition) is 1. The van der Waals surface area contributed by atoms with Crippen molar-refractivity contribution in [2.24, 2.45) is 11.7 Å². The van der Waals surface area contributed by atoms with Gasteiger partial charge in [-0.25, -0.2) is 0 Å². The summed E-state index contributed by atoms with van der Waals surface area (Å²) < 4.78 is 0. The normalized spacial score (nSPS) is 19.9. The summed E-state index contributed by atoms with van der Waals surface area (Å²) in [4.78, 5) is 3.87. The maximum Gasteiger partial charge on any atom is 0.0516 e. The van der Waals surface area contributed by atoms with Crippen molar-refractivity contribution in [2.45, 2.75) is 32.4 Å². The standard InChI is InChI=1S/C12H19ClN2S.ClH/c1-9(14)10-2-4-15(5-3-10)7-12-6-11(13)8-16-12;/h6,8-10H,2-5,7,14H2,1H3;1H. The highest BCUT2D eigenvalue weighted by molar-refractivity contribution is 7.10. The fourth-order valence-electron chi connectivity index (χ4n) is 2.29. The zero-order valence-corrected chi connectivity index (χ0v) is 12.5. The van der Waals surface area contributed by atoms with Crippen molar-refractivity contribution < 1.29 is 0 Å². The van der Waals surface area contributed by atoms with E-state index in [1.807, 2.05) is 5.38 Å². The lowest BCUT2D eigenvalue weighted by atomic mass is 9.91. The molecule has 2 nitrogen and oxygen atoms in total. The van der Waals surface area contributed by atoms with Crippen LogP contribution in [0.1, 0.15) is 24.6 Å². The second-order valence-electron chi connectivity index (χ2n) is 4.70. The number of thiophene rings is 1. The second-order valence-corrected chi connectivity index (χ2v) is 6.14. The van der Waals surface area contributed by atoms with Crippen LogP contribution >= 0.6 is 35.3 Å². The molecule has 2 N–H and O–H groups in total. The fraction of sp³-hybridized carbons (Fsp3) is 0.667. The molecule has 1 aromatic heterocycles. The van der Waals surface area contributed by atoms with Gasteiger partial charge in [0.2, 0.25) is 0 Å². The van der Waals surface area contributed by atoms with E-state index < -0.39 is 0 Å². The molecule has 0 aliphatic carbocycles. The third kappa shape index (κ3) is 4.42. The predicted octanol–water partition coefficient (Wildman–Crippen LogP) is 3.38. The van der Waals surface area contributed by atoms with E-state index in [4.69, 9.17) is 17.3 Å². The minimum absolute atomic E-state index is 0. The third-order valence-corrected chi connectivity index (χ3v) is 4.65. The van der Waals surface area contributed by atoms with E-state index in [1.54, 1.807) is 11.3 Å². The average Bonchev–Trinajstić information content (AvgIpc) is 2.65. The van der Waals surface area contributed by atoms with Crippen molar-refractivity contribution in [3.63, 3.8) is 0 Å². The van der Waals surface area contributed by atoms with Crippen LogP contribution in [0.5, 0.6) is 0 Å². The highest BCUT2D eigenvalue weighted by Gasteiger charge is 2.21. The molecule has 17 heavy (non-hydrogen) atoms. The molecule has 0 bridgehead atoms. The van der Waals surface area contributed by atoms with Crippen molar-refractivity contribution in [3.05, 3.63) is 21.3 Å². The van der Waals surface area contributed by atoms with Crippen LogP contribution in [-0.4, -0.2) is 24.0 Å². The molecule has 0 saturated carbocycles. The first-order chi connectivity index (χ1) is 7.65. The molecule has 0 amide bonds. The number of piperidine rings is 1. The van der Waals surface area contributed by atoms with Gasteiger partial charge in [-0.15, -0.1) is 23.7 Å². The molecule has 5 heteroatoms. The Morgan fingerprint density at radius 1 is 1.53 bits per heavy atom. The summed E-state index contributed by atoms with van der Waals surface area (Å²) in [5.41, 5.74) is 5.93. The Hall–Kier alpha value is 0.200. The lowest BCUT2D eigenvalue weighted by Crippen LogP contribution is -2.39. The molecule has 1 aromatic rings. The van der Waals surface area contributed by atoms with Gasteiger partial charge in [0.1, 0.15) is 0 Å². The summed E-state index contributed by atoms with van der Waals surface area (Å²) in [6.07, 6.45) is 2.47. The molecule has 0 aromatic carbocycles. The molecule has 1 aliphatic heterocycles. The fourth-order valence-corrected chi connectivity index (χ4v) is 3.41. The molecule has 1 fully saturated rings. The summed E-state index contributed by atoms with van der Waals surface area (Å²) in [5, 5.41) is 2.87. The van der Waals surface area contributed by atoms with E-state index in [9.17, 15) is 0 Å². The van der Waals surface area contributed by atoms with E-state index in [1.165, 1.54) is 30.8 Å². The Kier molecular flexibility index (Phi) is 6.24. The molecule has 2 rings (SSSR count). The van der Waals surface area contributed by atoms with Crippen LogP contribution in [0.25, 0.3) is 0 Å². The third-order valence-electron chi connectivity index (χ3n) is 3.38. The Balaban J connectivity index is 0.00000144. The molecular weight excluding hydrogens is 275 g/mol. The molecule has 0 spiro atoms. The van der Waals surface area contributed by atoms with Crippen molar-refractivity contribution in [1.29, 1.82) is 0 Å². The van der Waals surface area contributed by atoms with Crippen LogP contribution in [0.15, 0.2) is 11.4 Å². The van der Waals surface area contributed by atoms with Gasteiger partial charge in [0.05, 0.1) is 5.02 Å². The molecule has 1 saturated heterocycles. The lowest BCUT2D eigenvalue weighted by molar-refractivity contribution is 0.167. The molecule has 0 radical (unpaired) electrons. The van der Waals surface area contributed by atoms with Crippen molar-refractivity contribution in [1.82, 2.24) is 4.90 Å². The Morgan fingerprint density at radius 2 is 2.18 bits per heavy atom. The number of nitrogens with zero attached hydrogens (tertiary/aromatic N) is 1. The summed E-state index contributed by atoms with van der Waals surface area (Å²) in [7, 11) is 0. The first-order valence-electron chi connectivity index (χ1n) is 5.86. The minimum atomic E-state index is 0. The molecule has 1 atom stereocenters. The Bertz CT molecular complexity index is 333. The predicted molar refractivity (Wildman–Crippen MR) is 78.2 cm³/mol. The Labute approximate surface area is 119 Å². The highest BCUT2D eigenvalue weighted by atomic mass is 35.5. The number of rotatable bonds is 3. The summed E-state index contributed by atoms with van der Waals surface area (Å²) >= 11 is 7.67. The van der Waals surface area contributed by atoms with E-state index >= 15 is 0 Å². The summed E-state index contributed by atoms with van der Waals surface area (Å²) in [5.74, 6) is 0.711. The monoisotopic (exact) mass is 294 g/mol. The summed E-state index contributed by atoms with van der Waals surface area (Å²) in [6.45, 7) is 5.51. The molecule has 98 valence electrons. The average molecular weight is 295 g/mol. The van der Waals surface area contributed by atoms with Gasteiger partial charge in [-0.05, 0) is 44.8 Å². The van der Waals surface area contributed by atoms with E-state index in [0.717, 1.165) is 11.6 Å². The van der Waals surface area contributed by atoms with Crippen LogP contribution in [0.2, 0.25) is 5.02 Å². The van der Waals surface area contributed by atoms with Gasteiger partial charge in [0.25, 0.3) is 0 Å². The minimum Gasteiger partial charge on any atom is -0.328 e. The van der Waals surface area contributed by atoms with Crippen molar-refractivity contribution in [3.8, 4) is 0 Å². The zero-order valence-electron chi connectivity index (χ0n) is 10.1. The van der Waals surface area contributed by atoms with Gasteiger partial charge in [0.15, 0.2) is 0 Å². The SMILES string of the molecule is CC(N)C1CCN(Cc2cc(Cl)cs2)CC1.Cl. The maximum absolute atomic E-state index is 5.93. The van der Waals surface area contributed by atoms with Gasteiger partial charge >= 0.3 is 0 Å². The van der Waals surface area contributed by atoms with E-state index in [-0.39, 0.29) is 12.4 Å². The topological polar surface area (TPSA) is 29.3 Å². The lowest BCUT2D eigenvalue weighted by Gasteiger charge is -2.33. The largest absolute Gasteiger partial charge is 0.328 e. The highest BCUT2D eigenvalue weighted by Crippen LogP contribution is 2.24. The maximum atomic E-state index is 5.93. The van der Waals surface area contributed by atoms with Crippen LogP contribution in [0, 0.1) is 5.92 Å². The van der Waals surface area contributed by atoms with Gasteiger partial charge in [-0.3, -0.25) is 4.90 Å². The van der Waals surface area contributed by atoms with E-state index in [0.29, 0.717) is 12.0 Å². The molecule has 1 unspecified atom stereocenters. The van der Waals surface area contributed by atoms with E-state index in [2.05, 4.69) is 17.9 Å². The van der Waals surface area contributed by atoms with Gasteiger partial charge in [0, 0.05) is 22.8 Å². The van der Waals surface area contributed by atoms with Gasteiger partial charge in [-0.2, -0.15) is 0 Å². The second kappa shape index (κ2) is 6.95. The summed E-state index contributed by atoms with van der Waals surface area (Å²) in [6, 6.07) is 2.42. The smallest absolute Gasteiger partial charge is 0.0516 e. The Morgan fingerprint density at radius 3 is 2.65 bits per heavy atom.